The molecule has 0 aliphatic carbocycles. The van der Waals surface area contributed by atoms with Crippen molar-refractivity contribution in [2.75, 3.05) is 4.43 Å². The molecular formula is C8H12IN3O5P2. The van der Waals surface area contributed by atoms with Crippen molar-refractivity contribution in [2.24, 2.45) is 0 Å². The maximum atomic E-state index is 10.9. The minimum atomic E-state index is -0.647. The molecule has 1 aromatic rings. The van der Waals surface area contributed by atoms with Gasteiger partial charge in [0.25, 0.3) is 0 Å². The van der Waals surface area contributed by atoms with Crippen molar-refractivity contribution in [1.29, 1.82) is 0 Å². The molecular weight excluding hydrogens is 407 g/mol. The third-order valence-corrected chi connectivity index (χ3v) is 4.33. The van der Waals surface area contributed by atoms with Gasteiger partial charge in [-0.1, -0.05) is 27.6 Å². The van der Waals surface area contributed by atoms with Crippen molar-refractivity contribution in [2.45, 2.75) is 24.5 Å². The van der Waals surface area contributed by atoms with Crippen molar-refractivity contribution < 1.29 is 18.7 Å². The molecule has 1 saturated heterocycles. The Morgan fingerprint density at radius 1 is 1.53 bits per heavy atom. The zero-order chi connectivity index (χ0) is 14.0. The molecule has 1 aliphatic heterocycles. The lowest BCUT2D eigenvalue weighted by Crippen LogP contribution is -2.33. The van der Waals surface area contributed by atoms with Crippen molar-refractivity contribution in [1.82, 2.24) is 9.55 Å². The van der Waals surface area contributed by atoms with Crippen molar-refractivity contribution >= 4 is 47.5 Å². The molecule has 106 valence electrons. The van der Waals surface area contributed by atoms with Crippen LogP contribution in [0, 0.1) is 10.1 Å². The Morgan fingerprint density at radius 3 is 2.74 bits per heavy atom. The lowest BCUT2D eigenvalue weighted by molar-refractivity contribution is -0.398. The highest BCUT2D eigenvalue weighted by Crippen LogP contribution is 2.37. The fourth-order valence-electron chi connectivity index (χ4n) is 2.01. The molecule has 1 aromatic heterocycles. The standard InChI is InChI=1S/C8H12IN3O5P2/c9-3-4-5(16-18)6(17-19)7(15-4)11-2-1-10-8(11)12(13)14/h1-2,4-7H,3,18-19H2. The number of aromatic nitrogens is 2. The van der Waals surface area contributed by atoms with Crippen LogP contribution in [0.15, 0.2) is 12.4 Å². The van der Waals surface area contributed by atoms with Crippen LogP contribution in [0.2, 0.25) is 0 Å². The van der Waals surface area contributed by atoms with E-state index >= 15 is 0 Å². The number of ether oxygens (including phenoxy) is 1. The smallest absolute Gasteiger partial charge is 0.390 e. The SMILES string of the molecule is O=[N+]([O-])c1nccn1C1OC(CI)C(OP)C1OP. The number of hydrogen-bond donors (Lipinski definition) is 0. The first kappa shape index (κ1) is 15.5. The summed E-state index contributed by atoms with van der Waals surface area (Å²) in [6, 6.07) is 0. The first-order valence-electron chi connectivity index (χ1n) is 5.23. The number of halogens is 1. The van der Waals surface area contributed by atoms with E-state index in [2.05, 4.69) is 46.5 Å². The predicted molar refractivity (Wildman–Crippen MR) is 80.8 cm³/mol. The second kappa shape index (κ2) is 6.69. The summed E-state index contributed by atoms with van der Waals surface area (Å²) < 4.78 is 18.4. The molecule has 2 rings (SSSR count). The fourth-order valence-corrected chi connectivity index (χ4v) is 3.34. The molecule has 0 N–H and O–H groups in total. The number of nitrogens with zero attached hydrogens (tertiary/aromatic N) is 3. The monoisotopic (exact) mass is 419 g/mol. The van der Waals surface area contributed by atoms with Gasteiger partial charge in [0.1, 0.15) is 24.6 Å². The van der Waals surface area contributed by atoms with Gasteiger partial charge in [-0.2, -0.15) is 4.57 Å². The van der Waals surface area contributed by atoms with E-state index in [9.17, 15) is 10.1 Å². The van der Waals surface area contributed by atoms with E-state index in [4.69, 9.17) is 13.8 Å². The van der Waals surface area contributed by atoms with Crippen molar-refractivity contribution in [3.8, 4) is 0 Å². The summed E-state index contributed by atoms with van der Waals surface area (Å²) in [5.41, 5.74) is 0. The highest BCUT2D eigenvalue weighted by atomic mass is 127. The number of hydrogen-bond acceptors (Lipinski definition) is 6. The average Bonchev–Trinajstić information content (AvgIpc) is 3.01. The topological polar surface area (TPSA) is 88.7 Å². The van der Waals surface area contributed by atoms with Crippen LogP contribution >= 0.6 is 41.5 Å². The number of nitro groups is 1. The van der Waals surface area contributed by atoms with Crippen LogP contribution < -0.4 is 0 Å². The summed E-state index contributed by atoms with van der Waals surface area (Å²) in [7, 11) is 4.33. The van der Waals surface area contributed by atoms with E-state index in [1.165, 1.54) is 17.0 Å². The van der Waals surface area contributed by atoms with E-state index in [0.717, 1.165) is 0 Å². The summed E-state index contributed by atoms with van der Waals surface area (Å²) in [4.78, 5) is 14.1. The van der Waals surface area contributed by atoms with Crippen LogP contribution in [0.3, 0.4) is 0 Å². The van der Waals surface area contributed by atoms with Gasteiger partial charge in [0, 0.05) is 23.4 Å². The van der Waals surface area contributed by atoms with E-state index in [0.29, 0.717) is 4.43 Å². The van der Waals surface area contributed by atoms with Crippen molar-refractivity contribution in [3.63, 3.8) is 0 Å². The Labute approximate surface area is 127 Å². The molecule has 8 nitrogen and oxygen atoms in total. The first-order chi connectivity index (χ1) is 9.13. The summed E-state index contributed by atoms with van der Waals surface area (Å²) in [6.45, 7) is 0. The molecule has 1 aliphatic rings. The molecule has 0 radical (unpaired) electrons. The highest BCUT2D eigenvalue weighted by Gasteiger charge is 2.49. The second-order valence-electron chi connectivity index (χ2n) is 3.81. The predicted octanol–water partition coefficient (Wildman–Crippen LogP) is 1.47. The Bertz CT molecular complexity index is 461. The lowest BCUT2D eigenvalue weighted by atomic mass is 10.1. The summed E-state index contributed by atoms with van der Waals surface area (Å²) in [5.74, 6) is -0.284. The van der Waals surface area contributed by atoms with Gasteiger partial charge in [-0.3, -0.25) is 0 Å². The van der Waals surface area contributed by atoms with Gasteiger partial charge < -0.3 is 23.9 Å². The van der Waals surface area contributed by atoms with Gasteiger partial charge >= 0.3 is 5.95 Å². The van der Waals surface area contributed by atoms with Gasteiger partial charge in [0.2, 0.25) is 6.23 Å². The molecule has 6 unspecified atom stereocenters. The van der Waals surface area contributed by atoms with E-state index in [-0.39, 0.29) is 18.2 Å². The number of alkyl halides is 1. The second-order valence-corrected chi connectivity index (χ2v) is 5.24. The number of imidazole rings is 1. The summed E-state index contributed by atoms with van der Waals surface area (Å²) in [6.07, 6.45) is 1.19. The molecule has 2 heterocycles. The van der Waals surface area contributed by atoms with Crippen LogP contribution in [-0.2, 0) is 13.8 Å². The minimum absolute atomic E-state index is 0.212. The molecule has 0 aromatic carbocycles. The van der Waals surface area contributed by atoms with Gasteiger partial charge in [0.15, 0.2) is 0 Å². The molecule has 1 fully saturated rings. The molecule has 0 spiro atoms. The summed E-state index contributed by atoms with van der Waals surface area (Å²) >= 11 is 2.17. The van der Waals surface area contributed by atoms with E-state index < -0.39 is 17.3 Å². The fraction of sp³-hybridized carbons (Fsp3) is 0.625. The first-order valence-corrected chi connectivity index (χ1v) is 7.70. The zero-order valence-corrected chi connectivity index (χ0v) is 14.1. The van der Waals surface area contributed by atoms with Crippen LogP contribution in [0.25, 0.3) is 0 Å². The maximum absolute atomic E-state index is 10.9. The molecule has 6 atom stereocenters. The van der Waals surface area contributed by atoms with Crippen molar-refractivity contribution in [3.05, 3.63) is 22.5 Å². The highest BCUT2D eigenvalue weighted by molar-refractivity contribution is 14.1. The number of rotatable bonds is 5. The Kier molecular flexibility index (Phi) is 5.45. The molecule has 0 saturated carbocycles. The molecule has 0 bridgehead atoms. The minimum Gasteiger partial charge on any atom is -0.390 e. The van der Waals surface area contributed by atoms with Crippen LogP contribution in [0.5, 0.6) is 0 Å². The molecule has 11 heteroatoms. The van der Waals surface area contributed by atoms with Crippen LogP contribution in [0.1, 0.15) is 6.23 Å². The maximum Gasteiger partial charge on any atom is 0.436 e. The largest absolute Gasteiger partial charge is 0.436 e. The van der Waals surface area contributed by atoms with E-state index in [1.54, 1.807) is 0 Å². The Balaban J connectivity index is 2.33. The zero-order valence-electron chi connectivity index (χ0n) is 9.59. The summed E-state index contributed by atoms with van der Waals surface area (Å²) in [5, 5.41) is 10.9. The van der Waals surface area contributed by atoms with Crippen LogP contribution in [-0.4, -0.2) is 37.2 Å². The van der Waals surface area contributed by atoms with Gasteiger partial charge in [-0.05, 0) is 4.92 Å². The lowest BCUT2D eigenvalue weighted by Gasteiger charge is -2.19. The van der Waals surface area contributed by atoms with Gasteiger partial charge in [0.05, 0.1) is 6.10 Å². The molecule has 19 heavy (non-hydrogen) atoms. The van der Waals surface area contributed by atoms with E-state index in [1.807, 2.05) is 0 Å². The third kappa shape index (κ3) is 2.91. The van der Waals surface area contributed by atoms with Gasteiger partial charge in [-0.15, -0.1) is 0 Å². The Hall–Kier alpha value is 0.0800. The quantitative estimate of drug-likeness (QED) is 0.236. The molecule has 0 amide bonds. The Morgan fingerprint density at radius 2 is 2.21 bits per heavy atom. The van der Waals surface area contributed by atoms with Crippen LogP contribution in [0.4, 0.5) is 5.95 Å². The average molecular weight is 419 g/mol. The third-order valence-electron chi connectivity index (χ3n) is 2.84. The van der Waals surface area contributed by atoms with Gasteiger partial charge in [-0.25, -0.2) is 0 Å². The normalized spacial score (nSPS) is 30.7.